The monoisotopic (exact) mass is 144 g/mol. The van der Waals surface area contributed by atoms with Gasteiger partial charge in [0.15, 0.2) is 0 Å². The van der Waals surface area contributed by atoms with Crippen molar-refractivity contribution in [2.45, 2.75) is 33.6 Å². The zero-order valence-electron chi connectivity index (χ0n) is 7.91. The molecule has 1 nitrogen and oxygen atoms in total. The van der Waals surface area contributed by atoms with Crippen LogP contribution in [-0.4, -0.2) is 20.1 Å². The van der Waals surface area contributed by atoms with Gasteiger partial charge in [0.05, 0.1) is 20.1 Å². The molecule has 1 aliphatic rings. The van der Waals surface area contributed by atoms with Crippen molar-refractivity contribution in [2.24, 2.45) is 5.92 Å². The highest BCUT2D eigenvalue weighted by Gasteiger charge is 2.13. The fourth-order valence-electron chi connectivity index (χ4n) is 1.25. The molecule has 0 spiro atoms. The largest absolute Gasteiger partial charge is 0.337 e. The molecule has 1 rings (SSSR count). The van der Waals surface area contributed by atoms with Crippen LogP contribution in [0.4, 0.5) is 0 Å². The lowest BCUT2D eigenvalue weighted by Gasteiger charge is -2.23. The molecule has 0 aliphatic carbocycles. The number of quaternary nitrogens is 1. The summed E-state index contributed by atoms with van der Waals surface area (Å²) < 4.78 is 0. The Bertz CT molecular complexity index is 53.1. The first kappa shape index (κ1) is 9.96. The molecule has 0 aromatic carbocycles. The molecule has 0 aromatic heterocycles. The summed E-state index contributed by atoms with van der Waals surface area (Å²) in [7, 11) is 2.28. The van der Waals surface area contributed by atoms with Crippen LogP contribution in [0.2, 0.25) is 0 Å². The van der Waals surface area contributed by atoms with E-state index >= 15 is 0 Å². The quantitative estimate of drug-likeness (QED) is 0.516. The van der Waals surface area contributed by atoms with Gasteiger partial charge in [-0.3, -0.25) is 0 Å². The fourth-order valence-corrected chi connectivity index (χ4v) is 1.25. The average molecular weight is 144 g/mol. The Morgan fingerprint density at radius 2 is 1.50 bits per heavy atom. The van der Waals surface area contributed by atoms with Gasteiger partial charge in [0.2, 0.25) is 0 Å². The van der Waals surface area contributed by atoms with E-state index in [9.17, 15) is 0 Å². The van der Waals surface area contributed by atoms with Crippen LogP contribution in [0.25, 0.3) is 0 Å². The summed E-state index contributed by atoms with van der Waals surface area (Å²) in [6.45, 7) is 9.13. The number of piperidine rings is 1. The van der Waals surface area contributed by atoms with Crippen molar-refractivity contribution in [3.63, 3.8) is 0 Å². The maximum absolute atomic E-state index is 2.35. The summed E-state index contributed by atoms with van der Waals surface area (Å²) in [6, 6.07) is 0. The van der Waals surface area contributed by atoms with Crippen LogP contribution in [0.5, 0.6) is 0 Å². The van der Waals surface area contributed by atoms with E-state index < -0.39 is 0 Å². The van der Waals surface area contributed by atoms with Gasteiger partial charge in [0.25, 0.3) is 0 Å². The molecule has 0 unspecified atom stereocenters. The van der Waals surface area contributed by atoms with E-state index in [-0.39, 0.29) is 0 Å². The van der Waals surface area contributed by atoms with E-state index in [4.69, 9.17) is 0 Å². The molecule has 1 saturated heterocycles. The lowest BCUT2D eigenvalue weighted by Crippen LogP contribution is -3.10. The van der Waals surface area contributed by atoms with Crippen LogP contribution in [-0.2, 0) is 0 Å². The van der Waals surface area contributed by atoms with E-state index in [1.165, 1.54) is 25.9 Å². The third-order valence-corrected chi connectivity index (χ3v) is 2.13. The van der Waals surface area contributed by atoms with Crippen LogP contribution in [0.3, 0.4) is 0 Å². The maximum Gasteiger partial charge on any atom is 0.0771 e. The van der Waals surface area contributed by atoms with Crippen molar-refractivity contribution in [1.82, 2.24) is 0 Å². The standard InChI is InChI=1S/C7H15N.C2H6/c1-7-3-5-8(2)6-4-7;1-2/h7H,3-6H2,1-2H3;1-2H3/p+1. The number of rotatable bonds is 0. The molecule has 0 bridgehead atoms. The van der Waals surface area contributed by atoms with Gasteiger partial charge in [-0.15, -0.1) is 0 Å². The van der Waals surface area contributed by atoms with E-state index in [1.54, 1.807) is 4.90 Å². The van der Waals surface area contributed by atoms with Gasteiger partial charge in [0.1, 0.15) is 0 Å². The van der Waals surface area contributed by atoms with Crippen LogP contribution in [0.1, 0.15) is 33.6 Å². The van der Waals surface area contributed by atoms with E-state index in [1.807, 2.05) is 13.8 Å². The molecular formula is C9H22N+. The van der Waals surface area contributed by atoms with E-state index in [2.05, 4.69) is 14.0 Å². The Hall–Kier alpha value is -0.0400. The van der Waals surface area contributed by atoms with Gasteiger partial charge in [-0.2, -0.15) is 0 Å². The lowest BCUT2D eigenvalue weighted by molar-refractivity contribution is -0.885. The molecule has 1 aliphatic heterocycles. The zero-order chi connectivity index (χ0) is 7.98. The van der Waals surface area contributed by atoms with Crippen molar-refractivity contribution in [2.75, 3.05) is 20.1 Å². The van der Waals surface area contributed by atoms with E-state index in [0.717, 1.165) is 5.92 Å². The Balaban J connectivity index is 0.000000371. The molecule has 0 radical (unpaired) electrons. The third kappa shape index (κ3) is 3.89. The topological polar surface area (TPSA) is 4.44 Å². The summed E-state index contributed by atoms with van der Waals surface area (Å²) in [5.41, 5.74) is 0. The van der Waals surface area contributed by atoms with Gasteiger partial charge in [-0.05, 0) is 18.8 Å². The summed E-state index contributed by atoms with van der Waals surface area (Å²) >= 11 is 0. The van der Waals surface area contributed by atoms with Crippen LogP contribution in [0, 0.1) is 5.92 Å². The van der Waals surface area contributed by atoms with Gasteiger partial charge >= 0.3 is 0 Å². The Morgan fingerprint density at radius 3 is 1.80 bits per heavy atom. The molecule has 1 fully saturated rings. The Kier molecular flexibility index (Phi) is 5.70. The number of hydrogen-bond acceptors (Lipinski definition) is 0. The smallest absolute Gasteiger partial charge is 0.0771 e. The second-order valence-corrected chi connectivity index (χ2v) is 3.14. The summed E-state index contributed by atoms with van der Waals surface area (Å²) in [6.07, 6.45) is 2.87. The third-order valence-electron chi connectivity index (χ3n) is 2.13. The fraction of sp³-hybridized carbons (Fsp3) is 1.00. The van der Waals surface area contributed by atoms with Gasteiger partial charge in [-0.25, -0.2) is 0 Å². The van der Waals surface area contributed by atoms with Gasteiger partial charge in [0, 0.05) is 0 Å². The minimum absolute atomic E-state index is 0.999. The Morgan fingerprint density at radius 1 is 1.10 bits per heavy atom. The van der Waals surface area contributed by atoms with Crippen molar-refractivity contribution in [3.05, 3.63) is 0 Å². The highest BCUT2D eigenvalue weighted by Crippen LogP contribution is 2.05. The minimum atomic E-state index is 0.999. The number of likely N-dealkylation sites (tertiary alicyclic amines) is 1. The number of hydrogen-bond donors (Lipinski definition) is 1. The first-order valence-corrected chi connectivity index (χ1v) is 4.60. The normalized spacial score (nSPS) is 32.4. The predicted octanol–water partition coefficient (Wildman–Crippen LogP) is 0.957. The predicted molar refractivity (Wildman–Crippen MR) is 46.4 cm³/mol. The second-order valence-electron chi connectivity index (χ2n) is 3.14. The zero-order valence-corrected chi connectivity index (χ0v) is 7.91. The SMILES string of the molecule is CC.CC1CC[NH+](C)CC1. The highest BCUT2D eigenvalue weighted by atomic mass is 15.1. The van der Waals surface area contributed by atoms with Gasteiger partial charge in [-0.1, -0.05) is 20.8 Å². The molecule has 1 heteroatoms. The Labute approximate surface area is 65.4 Å². The first-order chi connectivity index (χ1) is 4.79. The molecule has 1 N–H and O–H groups in total. The highest BCUT2D eigenvalue weighted by molar-refractivity contribution is 4.54. The van der Waals surface area contributed by atoms with Crippen molar-refractivity contribution in [3.8, 4) is 0 Å². The molecular weight excluding hydrogens is 122 g/mol. The van der Waals surface area contributed by atoms with Crippen LogP contribution < -0.4 is 4.90 Å². The number of nitrogens with one attached hydrogen (secondary N) is 1. The molecule has 62 valence electrons. The molecule has 0 aromatic rings. The summed E-state index contributed by atoms with van der Waals surface area (Å²) in [5, 5.41) is 0. The molecule has 0 saturated carbocycles. The van der Waals surface area contributed by atoms with Crippen molar-refractivity contribution >= 4 is 0 Å². The summed E-state index contributed by atoms with van der Waals surface area (Å²) in [4.78, 5) is 1.71. The minimum Gasteiger partial charge on any atom is -0.337 e. The second kappa shape index (κ2) is 5.72. The molecule has 0 amide bonds. The average Bonchev–Trinajstić information content (AvgIpc) is 2.00. The van der Waals surface area contributed by atoms with Crippen molar-refractivity contribution < 1.29 is 4.90 Å². The molecule has 10 heavy (non-hydrogen) atoms. The first-order valence-electron chi connectivity index (χ1n) is 4.60. The van der Waals surface area contributed by atoms with Crippen molar-refractivity contribution in [1.29, 1.82) is 0 Å². The van der Waals surface area contributed by atoms with Crippen LogP contribution >= 0.6 is 0 Å². The van der Waals surface area contributed by atoms with Gasteiger partial charge < -0.3 is 4.90 Å². The summed E-state index contributed by atoms with van der Waals surface area (Å²) in [5.74, 6) is 0.999. The maximum atomic E-state index is 2.35. The van der Waals surface area contributed by atoms with Crippen LogP contribution in [0.15, 0.2) is 0 Å². The molecule has 1 heterocycles. The molecule has 0 atom stereocenters. The lowest BCUT2D eigenvalue weighted by atomic mass is 10.00. The van der Waals surface area contributed by atoms with E-state index in [0.29, 0.717) is 0 Å².